The number of carbonyl (C=O) groups excluding carboxylic acids is 1. The summed E-state index contributed by atoms with van der Waals surface area (Å²) in [5, 5.41) is 12.0. The second kappa shape index (κ2) is 6.58. The van der Waals surface area contributed by atoms with Crippen LogP contribution in [-0.2, 0) is 17.6 Å². The van der Waals surface area contributed by atoms with Crippen LogP contribution in [-0.4, -0.2) is 42.2 Å². The van der Waals surface area contributed by atoms with Crippen LogP contribution in [0.2, 0.25) is 0 Å². The Balaban J connectivity index is 1.50. The Morgan fingerprint density at radius 1 is 1.33 bits per heavy atom. The molecule has 1 atom stereocenters. The van der Waals surface area contributed by atoms with Gasteiger partial charge in [-0.25, -0.2) is 0 Å². The van der Waals surface area contributed by atoms with Crippen LogP contribution in [0.15, 0.2) is 18.2 Å². The van der Waals surface area contributed by atoms with E-state index in [1.54, 1.807) is 0 Å². The summed E-state index contributed by atoms with van der Waals surface area (Å²) in [4.78, 5) is 14.3. The van der Waals surface area contributed by atoms with Crippen molar-refractivity contribution in [3.05, 3.63) is 29.3 Å². The van der Waals surface area contributed by atoms with Crippen molar-refractivity contribution in [3.8, 4) is 0 Å². The molecule has 3 rings (SSSR count). The van der Waals surface area contributed by atoms with Crippen molar-refractivity contribution in [1.29, 1.82) is 0 Å². The molecular formula is C17H24N2O2. The zero-order chi connectivity index (χ0) is 14.7. The number of hydrogen-bond acceptors (Lipinski definition) is 3. The highest BCUT2D eigenvalue weighted by molar-refractivity contribution is 5.92. The van der Waals surface area contributed by atoms with Crippen LogP contribution >= 0.6 is 0 Å². The van der Waals surface area contributed by atoms with E-state index in [4.69, 9.17) is 5.11 Å². The topological polar surface area (TPSA) is 52.6 Å². The molecule has 1 heterocycles. The summed E-state index contributed by atoms with van der Waals surface area (Å²) in [5.74, 6) is 0.611. The zero-order valence-electron chi connectivity index (χ0n) is 12.5. The van der Waals surface area contributed by atoms with E-state index in [0.29, 0.717) is 12.5 Å². The number of amides is 1. The van der Waals surface area contributed by atoms with E-state index in [-0.39, 0.29) is 12.5 Å². The fourth-order valence-corrected chi connectivity index (χ4v) is 3.53. The fraction of sp³-hybridized carbons (Fsp3) is 0.588. The van der Waals surface area contributed by atoms with Gasteiger partial charge in [0, 0.05) is 18.8 Å². The van der Waals surface area contributed by atoms with E-state index in [0.717, 1.165) is 38.0 Å². The largest absolute Gasteiger partial charge is 0.396 e. The number of carbonyl (C=O) groups is 1. The van der Waals surface area contributed by atoms with Gasteiger partial charge in [0.15, 0.2) is 0 Å². The molecule has 2 N–H and O–H groups in total. The summed E-state index contributed by atoms with van der Waals surface area (Å²) in [6.07, 6.45) is 5.47. The number of anilines is 1. The molecule has 1 aromatic rings. The van der Waals surface area contributed by atoms with Crippen LogP contribution in [0, 0.1) is 5.92 Å². The van der Waals surface area contributed by atoms with Gasteiger partial charge in [0.25, 0.3) is 0 Å². The highest BCUT2D eigenvalue weighted by Crippen LogP contribution is 2.25. The van der Waals surface area contributed by atoms with Crippen LogP contribution in [0.4, 0.5) is 5.69 Å². The van der Waals surface area contributed by atoms with E-state index in [1.807, 2.05) is 6.07 Å². The second-order valence-corrected chi connectivity index (χ2v) is 6.29. The average Bonchev–Trinajstić information content (AvgIpc) is 3.08. The Kier molecular flexibility index (Phi) is 4.56. The summed E-state index contributed by atoms with van der Waals surface area (Å²) in [7, 11) is 0. The van der Waals surface area contributed by atoms with Gasteiger partial charge in [0.2, 0.25) is 5.91 Å². The number of hydrogen-bond donors (Lipinski definition) is 2. The first-order valence-corrected chi connectivity index (χ1v) is 7.99. The number of nitrogens with zero attached hydrogens (tertiary/aromatic N) is 1. The molecule has 1 aliphatic heterocycles. The quantitative estimate of drug-likeness (QED) is 0.869. The first-order valence-electron chi connectivity index (χ1n) is 7.99. The molecule has 4 nitrogen and oxygen atoms in total. The predicted octanol–water partition coefficient (Wildman–Crippen LogP) is 1.82. The summed E-state index contributed by atoms with van der Waals surface area (Å²) in [6, 6.07) is 6.28. The van der Waals surface area contributed by atoms with Crippen LogP contribution in [0.3, 0.4) is 0 Å². The monoisotopic (exact) mass is 288 g/mol. The molecule has 0 saturated carbocycles. The van der Waals surface area contributed by atoms with E-state index in [1.165, 1.54) is 24.0 Å². The maximum absolute atomic E-state index is 12.1. The first-order chi connectivity index (χ1) is 10.2. The molecule has 0 bridgehead atoms. The number of aryl methyl sites for hydroxylation is 2. The van der Waals surface area contributed by atoms with Crippen LogP contribution in [0.5, 0.6) is 0 Å². The zero-order valence-corrected chi connectivity index (χ0v) is 12.5. The SMILES string of the molecule is O=C(CN1CCC(CCO)C1)Nc1ccc2c(c1)CCC2. The van der Waals surface area contributed by atoms with Gasteiger partial charge in [0.1, 0.15) is 0 Å². The molecule has 1 amide bonds. The van der Waals surface area contributed by atoms with Crippen molar-refractivity contribution in [1.82, 2.24) is 4.90 Å². The molecule has 1 fully saturated rings. The summed E-state index contributed by atoms with van der Waals surface area (Å²) < 4.78 is 0. The van der Waals surface area contributed by atoms with Gasteiger partial charge in [-0.1, -0.05) is 6.07 Å². The third-order valence-corrected chi connectivity index (χ3v) is 4.66. The third kappa shape index (κ3) is 3.63. The van der Waals surface area contributed by atoms with Crippen LogP contribution in [0.25, 0.3) is 0 Å². The molecule has 114 valence electrons. The number of rotatable bonds is 5. The van der Waals surface area contributed by atoms with Crippen molar-refractivity contribution in [3.63, 3.8) is 0 Å². The molecule has 0 spiro atoms. The lowest BCUT2D eigenvalue weighted by Crippen LogP contribution is -2.31. The highest BCUT2D eigenvalue weighted by atomic mass is 16.3. The molecule has 1 saturated heterocycles. The molecule has 1 aliphatic carbocycles. The predicted molar refractivity (Wildman–Crippen MR) is 83.3 cm³/mol. The Morgan fingerprint density at radius 3 is 3.05 bits per heavy atom. The lowest BCUT2D eigenvalue weighted by atomic mass is 10.1. The standard InChI is InChI=1S/C17H24N2O2/c20-9-7-13-6-8-19(11-13)12-17(21)18-16-5-4-14-2-1-3-15(14)10-16/h4-5,10,13,20H,1-3,6-9,11-12H2,(H,18,21). The number of likely N-dealkylation sites (tertiary alicyclic amines) is 1. The molecule has 2 aliphatic rings. The van der Waals surface area contributed by atoms with E-state index in [9.17, 15) is 4.79 Å². The molecule has 21 heavy (non-hydrogen) atoms. The van der Waals surface area contributed by atoms with Crippen molar-refractivity contribution in [2.75, 3.05) is 31.6 Å². The van der Waals surface area contributed by atoms with Crippen LogP contribution < -0.4 is 5.32 Å². The van der Waals surface area contributed by atoms with Gasteiger partial charge in [-0.2, -0.15) is 0 Å². The molecule has 4 heteroatoms. The molecule has 1 unspecified atom stereocenters. The van der Waals surface area contributed by atoms with E-state index in [2.05, 4.69) is 22.3 Å². The smallest absolute Gasteiger partial charge is 0.238 e. The Labute approximate surface area is 126 Å². The minimum atomic E-state index is 0.0672. The summed E-state index contributed by atoms with van der Waals surface area (Å²) >= 11 is 0. The molecule has 0 radical (unpaired) electrons. The lowest BCUT2D eigenvalue weighted by molar-refractivity contribution is -0.117. The number of aliphatic hydroxyl groups is 1. The highest BCUT2D eigenvalue weighted by Gasteiger charge is 2.23. The van der Waals surface area contributed by atoms with Crippen LogP contribution in [0.1, 0.15) is 30.4 Å². The molecular weight excluding hydrogens is 264 g/mol. The first kappa shape index (κ1) is 14.5. The molecule has 1 aromatic carbocycles. The Bertz CT molecular complexity index is 516. The third-order valence-electron chi connectivity index (χ3n) is 4.66. The van der Waals surface area contributed by atoms with Gasteiger partial charge in [-0.05, 0) is 67.8 Å². The van der Waals surface area contributed by atoms with Gasteiger partial charge in [0.05, 0.1) is 6.54 Å². The number of aliphatic hydroxyl groups excluding tert-OH is 1. The maximum atomic E-state index is 12.1. The van der Waals surface area contributed by atoms with E-state index < -0.39 is 0 Å². The lowest BCUT2D eigenvalue weighted by Gasteiger charge is -2.15. The summed E-state index contributed by atoms with van der Waals surface area (Å²) in [5.41, 5.74) is 3.74. The van der Waals surface area contributed by atoms with E-state index >= 15 is 0 Å². The number of nitrogens with one attached hydrogen (secondary N) is 1. The average molecular weight is 288 g/mol. The Hall–Kier alpha value is -1.39. The minimum absolute atomic E-state index is 0.0672. The second-order valence-electron chi connectivity index (χ2n) is 6.29. The van der Waals surface area contributed by atoms with Gasteiger partial charge < -0.3 is 10.4 Å². The minimum Gasteiger partial charge on any atom is -0.396 e. The van der Waals surface area contributed by atoms with Gasteiger partial charge in [-0.15, -0.1) is 0 Å². The van der Waals surface area contributed by atoms with Crippen molar-refractivity contribution >= 4 is 11.6 Å². The number of fused-ring (bicyclic) bond motifs is 1. The van der Waals surface area contributed by atoms with Crippen molar-refractivity contribution in [2.45, 2.75) is 32.1 Å². The fourth-order valence-electron chi connectivity index (χ4n) is 3.53. The molecule has 0 aromatic heterocycles. The Morgan fingerprint density at radius 2 is 2.19 bits per heavy atom. The number of benzene rings is 1. The van der Waals surface area contributed by atoms with Crippen molar-refractivity contribution in [2.24, 2.45) is 5.92 Å². The van der Waals surface area contributed by atoms with Gasteiger partial charge >= 0.3 is 0 Å². The van der Waals surface area contributed by atoms with Gasteiger partial charge in [-0.3, -0.25) is 9.69 Å². The maximum Gasteiger partial charge on any atom is 0.238 e. The van der Waals surface area contributed by atoms with Crippen molar-refractivity contribution < 1.29 is 9.90 Å². The summed E-state index contributed by atoms with van der Waals surface area (Å²) in [6.45, 7) is 2.60. The normalized spacial score (nSPS) is 21.5.